The third-order valence-electron chi connectivity index (χ3n) is 2.57. The first kappa shape index (κ1) is 14.1. The lowest BCUT2D eigenvalue weighted by Crippen LogP contribution is -1.94. The zero-order valence-corrected chi connectivity index (χ0v) is 11.6. The van der Waals surface area contributed by atoms with Gasteiger partial charge in [-0.25, -0.2) is 4.98 Å². The second kappa shape index (κ2) is 6.25. The largest absolute Gasteiger partial charge is 0.496 e. The van der Waals surface area contributed by atoms with E-state index in [1.165, 1.54) is 31.0 Å². The van der Waals surface area contributed by atoms with Crippen LogP contribution in [0.4, 0.5) is 11.4 Å². The summed E-state index contributed by atoms with van der Waals surface area (Å²) in [6.45, 7) is 0. The quantitative estimate of drug-likeness (QED) is 0.517. The number of nitro benzene ring substituents is 1. The fourth-order valence-electron chi connectivity index (χ4n) is 1.63. The van der Waals surface area contributed by atoms with E-state index in [0.29, 0.717) is 22.2 Å². The Morgan fingerprint density at radius 3 is 2.90 bits per heavy atom. The van der Waals surface area contributed by atoms with Gasteiger partial charge in [-0.1, -0.05) is 11.8 Å². The molecule has 0 amide bonds. The third kappa shape index (κ3) is 3.39. The van der Waals surface area contributed by atoms with E-state index in [0.717, 1.165) is 5.56 Å². The van der Waals surface area contributed by atoms with Gasteiger partial charge < -0.3 is 10.5 Å². The van der Waals surface area contributed by atoms with Crippen molar-refractivity contribution >= 4 is 23.1 Å². The molecular weight excluding hydrogens is 278 g/mol. The molecule has 0 aliphatic carbocycles. The Kier molecular flexibility index (Phi) is 4.41. The number of nitro groups is 1. The van der Waals surface area contributed by atoms with E-state index in [9.17, 15) is 10.1 Å². The number of ether oxygens (including phenoxy) is 1. The van der Waals surface area contributed by atoms with Crippen LogP contribution in [-0.4, -0.2) is 17.0 Å². The Morgan fingerprint density at radius 2 is 2.25 bits per heavy atom. The molecular formula is C13H13N3O3S. The topological polar surface area (TPSA) is 91.3 Å². The summed E-state index contributed by atoms with van der Waals surface area (Å²) in [5, 5.41) is 11.6. The van der Waals surface area contributed by atoms with Crippen LogP contribution in [0.15, 0.2) is 41.6 Å². The molecule has 0 fully saturated rings. The van der Waals surface area contributed by atoms with E-state index in [-0.39, 0.29) is 5.69 Å². The van der Waals surface area contributed by atoms with Gasteiger partial charge in [0, 0.05) is 18.0 Å². The number of anilines is 1. The van der Waals surface area contributed by atoms with Crippen LogP contribution in [0.3, 0.4) is 0 Å². The number of benzene rings is 1. The standard InChI is InChI=1S/C13H13N3O3S/c1-19-11-6-9(5-10(7-11)16(17)18)8-20-13-12(14)3-2-4-15-13/h2-7H,8,14H2,1H3. The minimum Gasteiger partial charge on any atom is -0.496 e. The van der Waals surface area contributed by atoms with Crippen molar-refractivity contribution in [3.05, 3.63) is 52.2 Å². The minimum atomic E-state index is -0.439. The molecule has 2 N–H and O–H groups in total. The van der Waals surface area contributed by atoms with Crippen molar-refractivity contribution in [2.24, 2.45) is 0 Å². The van der Waals surface area contributed by atoms with Gasteiger partial charge >= 0.3 is 0 Å². The van der Waals surface area contributed by atoms with E-state index in [4.69, 9.17) is 10.5 Å². The monoisotopic (exact) mass is 291 g/mol. The lowest BCUT2D eigenvalue weighted by molar-refractivity contribution is -0.385. The highest BCUT2D eigenvalue weighted by Crippen LogP contribution is 2.29. The first-order valence-corrected chi connectivity index (χ1v) is 6.74. The molecule has 0 spiro atoms. The van der Waals surface area contributed by atoms with Crippen molar-refractivity contribution in [1.82, 2.24) is 4.98 Å². The van der Waals surface area contributed by atoms with Crippen molar-refractivity contribution in [3.63, 3.8) is 0 Å². The van der Waals surface area contributed by atoms with Gasteiger partial charge in [0.1, 0.15) is 10.8 Å². The van der Waals surface area contributed by atoms with Crippen LogP contribution < -0.4 is 10.5 Å². The Labute approximate surface area is 120 Å². The first-order chi connectivity index (χ1) is 9.60. The van der Waals surface area contributed by atoms with Gasteiger partial charge in [0.05, 0.1) is 23.8 Å². The second-order valence-electron chi connectivity index (χ2n) is 3.98. The van der Waals surface area contributed by atoms with Crippen LogP contribution in [0.5, 0.6) is 5.75 Å². The molecule has 104 valence electrons. The van der Waals surface area contributed by atoms with E-state index >= 15 is 0 Å². The SMILES string of the molecule is COc1cc(CSc2ncccc2N)cc([N+](=O)[O-])c1. The number of thioether (sulfide) groups is 1. The van der Waals surface area contributed by atoms with Gasteiger partial charge in [0.15, 0.2) is 0 Å². The van der Waals surface area contributed by atoms with Crippen LogP contribution in [-0.2, 0) is 5.75 Å². The van der Waals surface area contributed by atoms with Gasteiger partial charge in [-0.3, -0.25) is 10.1 Å². The van der Waals surface area contributed by atoms with Crippen LogP contribution in [0, 0.1) is 10.1 Å². The van der Waals surface area contributed by atoms with E-state index < -0.39 is 4.92 Å². The highest BCUT2D eigenvalue weighted by Gasteiger charge is 2.11. The molecule has 7 heteroatoms. The predicted octanol–water partition coefficient (Wildman–Crippen LogP) is 2.87. The summed E-state index contributed by atoms with van der Waals surface area (Å²) >= 11 is 1.43. The Morgan fingerprint density at radius 1 is 1.45 bits per heavy atom. The number of aromatic nitrogens is 1. The van der Waals surface area contributed by atoms with Crippen LogP contribution in [0.1, 0.15) is 5.56 Å². The van der Waals surface area contributed by atoms with Crippen molar-refractivity contribution < 1.29 is 9.66 Å². The fraction of sp³-hybridized carbons (Fsp3) is 0.154. The number of hydrogen-bond acceptors (Lipinski definition) is 6. The average molecular weight is 291 g/mol. The van der Waals surface area contributed by atoms with E-state index in [1.54, 1.807) is 24.4 Å². The number of nitrogens with two attached hydrogens (primary N) is 1. The number of methoxy groups -OCH3 is 1. The van der Waals surface area contributed by atoms with Crippen LogP contribution >= 0.6 is 11.8 Å². The molecule has 1 aromatic carbocycles. The maximum Gasteiger partial charge on any atom is 0.273 e. The number of hydrogen-bond donors (Lipinski definition) is 1. The highest BCUT2D eigenvalue weighted by molar-refractivity contribution is 7.98. The zero-order chi connectivity index (χ0) is 14.5. The third-order valence-corrected chi connectivity index (χ3v) is 3.67. The summed E-state index contributed by atoms with van der Waals surface area (Å²) in [4.78, 5) is 14.6. The first-order valence-electron chi connectivity index (χ1n) is 5.76. The predicted molar refractivity (Wildman–Crippen MR) is 77.9 cm³/mol. The van der Waals surface area contributed by atoms with Gasteiger partial charge in [-0.15, -0.1) is 0 Å². The number of non-ortho nitro benzene ring substituents is 1. The van der Waals surface area contributed by atoms with Crippen molar-refractivity contribution in [2.75, 3.05) is 12.8 Å². The molecule has 6 nitrogen and oxygen atoms in total. The Hall–Kier alpha value is -2.28. The van der Waals surface area contributed by atoms with Crippen molar-refractivity contribution in [1.29, 1.82) is 0 Å². The van der Waals surface area contributed by atoms with Crippen molar-refractivity contribution in [3.8, 4) is 5.75 Å². The minimum absolute atomic E-state index is 0.00828. The molecule has 0 unspecified atom stereocenters. The number of pyridine rings is 1. The normalized spacial score (nSPS) is 10.2. The molecule has 0 aliphatic heterocycles. The maximum atomic E-state index is 10.9. The van der Waals surface area contributed by atoms with Crippen molar-refractivity contribution in [2.45, 2.75) is 10.8 Å². The van der Waals surface area contributed by atoms with Gasteiger partial charge in [-0.05, 0) is 23.8 Å². The summed E-state index contributed by atoms with van der Waals surface area (Å²) in [6, 6.07) is 8.20. The Bertz CT molecular complexity index is 634. The summed E-state index contributed by atoms with van der Waals surface area (Å²) in [7, 11) is 1.48. The lowest BCUT2D eigenvalue weighted by atomic mass is 10.2. The molecule has 1 heterocycles. The molecule has 0 atom stereocenters. The molecule has 0 saturated heterocycles. The molecule has 0 saturated carbocycles. The molecule has 0 radical (unpaired) electrons. The zero-order valence-electron chi connectivity index (χ0n) is 10.8. The van der Waals surface area contributed by atoms with Crippen LogP contribution in [0.25, 0.3) is 0 Å². The molecule has 0 bridgehead atoms. The maximum absolute atomic E-state index is 10.9. The summed E-state index contributed by atoms with van der Waals surface area (Å²) in [5.74, 6) is 0.989. The smallest absolute Gasteiger partial charge is 0.273 e. The summed E-state index contributed by atoms with van der Waals surface area (Å²) < 4.78 is 5.07. The van der Waals surface area contributed by atoms with E-state index in [2.05, 4.69) is 4.98 Å². The van der Waals surface area contributed by atoms with Gasteiger partial charge in [0.2, 0.25) is 0 Å². The Balaban J connectivity index is 2.19. The molecule has 2 aromatic rings. The highest BCUT2D eigenvalue weighted by atomic mass is 32.2. The van der Waals surface area contributed by atoms with E-state index in [1.807, 2.05) is 0 Å². The molecule has 1 aromatic heterocycles. The van der Waals surface area contributed by atoms with Crippen LogP contribution in [0.2, 0.25) is 0 Å². The second-order valence-corrected chi connectivity index (χ2v) is 4.95. The molecule has 2 rings (SSSR count). The summed E-state index contributed by atoms with van der Waals surface area (Å²) in [6.07, 6.45) is 1.66. The fourth-order valence-corrected chi connectivity index (χ4v) is 2.47. The molecule has 20 heavy (non-hydrogen) atoms. The average Bonchev–Trinajstić information content (AvgIpc) is 2.46. The number of nitrogen functional groups attached to an aromatic ring is 1. The number of rotatable bonds is 5. The summed E-state index contributed by atoms with van der Waals surface area (Å²) in [5.41, 5.74) is 7.19. The lowest BCUT2D eigenvalue weighted by Gasteiger charge is -2.06. The van der Waals surface area contributed by atoms with Gasteiger partial charge in [0.25, 0.3) is 5.69 Å². The number of nitrogens with zero attached hydrogens (tertiary/aromatic N) is 2. The van der Waals surface area contributed by atoms with Gasteiger partial charge in [-0.2, -0.15) is 0 Å². The molecule has 0 aliphatic rings.